The average Bonchev–Trinajstić information content (AvgIpc) is 3.38. The first-order chi connectivity index (χ1) is 16.4. The van der Waals surface area contributed by atoms with E-state index < -0.39 is 47.9 Å². The van der Waals surface area contributed by atoms with Gasteiger partial charge in [-0.15, -0.1) is 0 Å². The highest BCUT2D eigenvalue weighted by atomic mass is 19.4. The van der Waals surface area contributed by atoms with Crippen LogP contribution in [-0.2, 0) is 34.7 Å². The molecule has 1 aromatic carbocycles. The third-order valence-electron chi connectivity index (χ3n) is 7.01. The highest BCUT2D eigenvalue weighted by Gasteiger charge is 2.62. The molecule has 3 aliphatic rings. The SMILES string of the molecule is C=C1C(=O)O[C@@H]2[C@H]3O[C@]3(C)CC/C=C(\C)[C@@H](OC(C(=O)OCC)c3ccc(C(F)(F)F)cc3)C[C@@H]12. The number of ether oxygens (including phenoxy) is 4. The van der Waals surface area contributed by atoms with E-state index in [1.165, 1.54) is 12.1 Å². The average molecular weight is 495 g/mol. The summed E-state index contributed by atoms with van der Waals surface area (Å²) in [5.41, 5.74) is 0.184. The maximum absolute atomic E-state index is 13.0. The van der Waals surface area contributed by atoms with Crippen LogP contribution in [0.4, 0.5) is 13.2 Å². The van der Waals surface area contributed by atoms with Crippen molar-refractivity contribution in [3.8, 4) is 0 Å². The fourth-order valence-electron chi connectivity index (χ4n) is 4.85. The van der Waals surface area contributed by atoms with Crippen molar-refractivity contribution in [3.05, 3.63) is 59.2 Å². The molecule has 2 fully saturated rings. The minimum atomic E-state index is -4.50. The van der Waals surface area contributed by atoms with Crippen LogP contribution < -0.4 is 0 Å². The number of carbonyl (C=O) groups excluding carboxylic acids is 2. The van der Waals surface area contributed by atoms with E-state index >= 15 is 0 Å². The molecule has 35 heavy (non-hydrogen) atoms. The molecule has 2 saturated heterocycles. The molecule has 0 spiro atoms. The smallest absolute Gasteiger partial charge is 0.416 e. The number of rotatable bonds is 5. The molecule has 0 aromatic heterocycles. The number of alkyl halides is 3. The molecule has 2 heterocycles. The van der Waals surface area contributed by atoms with Gasteiger partial charge in [-0.25, -0.2) is 9.59 Å². The maximum atomic E-state index is 13.0. The highest BCUT2D eigenvalue weighted by Crippen LogP contribution is 2.50. The summed E-state index contributed by atoms with van der Waals surface area (Å²) in [4.78, 5) is 25.2. The number of carbonyl (C=O) groups is 2. The number of benzene rings is 1. The molecule has 0 bridgehead atoms. The molecule has 1 unspecified atom stereocenters. The van der Waals surface area contributed by atoms with Crippen molar-refractivity contribution in [3.63, 3.8) is 0 Å². The van der Waals surface area contributed by atoms with Crippen molar-refractivity contribution >= 4 is 11.9 Å². The molecule has 0 saturated carbocycles. The second-order valence-corrected chi connectivity index (χ2v) is 9.45. The molecule has 0 radical (unpaired) electrons. The predicted molar refractivity (Wildman–Crippen MR) is 119 cm³/mol. The molecule has 0 amide bonds. The van der Waals surface area contributed by atoms with Gasteiger partial charge in [-0.3, -0.25) is 0 Å². The van der Waals surface area contributed by atoms with Crippen LogP contribution in [0.5, 0.6) is 0 Å². The molecule has 1 aromatic rings. The normalized spacial score (nSPS) is 33.0. The zero-order valence-electron chi connectivity index (χ0n) is 19.9. The molecule has 9 heteroatoms. The van der Waals surface area contributed by atoms with Crippen molar-refractivity contribution in [2.24, 2.45) is 5.92 Å². The van der Waals surface area contributed by atoms with Crippen molar-refractivity contribution in [2.45, 2.75) is 76.2 Å². The standard InChI is InChI=1S/C26H29F3O6/c1-5-32-24(31)20(16-8-10-17(11-9-16)26(27,28)29)33-19-13-18-15(3)23(30)34-21(18)22-25(4,35-22)12-6-7-14(19)2/h7-11,18-22H,3,5-6,12-13H2,1-2,4H3/b14-7+/t18-,19-,20?,21-,22+,25+/m0/s1. The Hall–Kier alpha value is -2.65. The van der Waals surface area contributed by atoms with Crippen LogP contribution in [0.2, 0.25) is 0 Å². The molecular weight excluding hydrogens is 465 g/mol. The summed E-state index contributed by atoms with van der Waals surface area (Å²) in [6, 6.07) is 4.26. The molecular formula is C26H29F3O6. The van der Waals surface area contributed by atoms with E-state index in [-0.39, 0.29) is 23.9 Å². The van der Waals surface area contributed by atoms with Crippen LogP contribution in [0, 0.1) is 5.92 Å². The fourth-order valence-corrected chi connectivity index (χ4v) is 4.85. The summed E-state index contributed by atoms with van der Waals surface area (Å²) in [7, 11) is 0. The molecule has 2 aliphatic heterocycles. The van der Waals surface area contributed by atoms with Gasteiger partial charge in [0.15, 0.2) is 6.10 Å². The second-order valence-electron chi connectivity index (χ2n) is 9.45. The van der Waals surface area contributed by atoms with Crippen molar-refractivity contribution < 1.29 is 41.7 Å². The summed E-state index contributed by atoms with van der Waals surface area (Å²) in [5, 5.41) is 0. The zero-order valence-corrected chi connectivity index (χ0v) is 19.9. The van der Waals surface area contributed by atoms with Crippen LogP contribution in [0.25, 0.3) is 0 Å². The number of epoxide rings is 1. The first-order valence-corrected chi connectivity index (χ1v) is 11.7. The summed E-state index contributed by atoms with van der Waals surface area (Å²) in [6.45, 7) is 9.49. The Kier molecular flexibility index (Phi) is 6.85. The predicted octanol–water partition coefficient (Wildman–Crippen LogP) is 5.08. The summed E-state index contributed by atoms with van der Waals surface area (Å²) in [6.07, 6.45) is -3.44. The topological polar surface area (TPSA) is 74.4 Å². The van der Waals surface area contributed by atoms with Gasteiger partial charge < -0.3 is 18.9 Å². The summed E-state index contributed by atoms with van der Waals surface area (Å²) < 4.78 is 62.1. The van der Waals surface area contributed by atoms with Crippen LogP contribution in [0.15, 0.2) is 48.1 Å². The third kappa shape index (κ3) is 5.16. The minimum absolute atomic E-state index is 0.0836. The lowest BCUT2D eigenvalue weighted by Gasteiger charge is -2.29. The zero-order chi connectivity index (χ0) is 25.5. The lowest BCUT2D eigenvalue weighted by molar-refractivity contribution is -0.160. The van der Waals surface area contributed by atoms with E-state index in [4.69, 9.17) is 18.9 Å². The quantitative estimate of drug-likeness (QED) is 0.246. The Labute approximate surface area is 202 Å². The van der Waals surface area contributed by atoms with Crippen LogP contribution in [0.1, 0.15) is 57.3 Å². The van der Waals surface area contributed by atoms with E-state index in [2.05, 4.69) is 6.58 Å². The molecule has 6 atom stereocenters. The van der Waals surface area contributed by atoms with Gasteiger partial charge in [0, 0.05) is 11.5 Å². The molecule has 190 valence electrons. The lowest BCUT2D eigenvalue weighted by Crippen LogP contribution is -2.34. The van der Waals surface area contributed by atoms with Crippen molar-refractivity contribution in [1.29, 1.82) is 0 Å². The largest absolute Gasteiger partial charge is 0.464 e. The molecule has 0 N–H and O–H groups in total. The van der Waals surface area contributed by atoms with Gasteiger partial charge in [0.25, 0.3) is 0 Å². The fraction of sp³-hybridized carbons (Fsp3) is 0.538. The number of hydrogen-bond acceptors (Lipinski definition) is 6. The maximum Gasteiger partial charge on any atom is 0.416 e. The number of esters is 2. The summed E-state index contributed by atoms with van der Waals surface area (Å²) in [5.74, 6) is -1.58. The second kappa shape index (κ2) is 9.43. The Morgan fingerprint density at radius 2 is 1.97 bits per heavy atom. The van der Waals surface area contributed by atoms with Gasteiger partial charge in [0.2, 0.25) is 0 Å². The Morgan fingerprint density at radius 3 is 2.60 bits per heavy atom. The highest BCUT2D eigenvalue weighted by molar-refractivity contribution is 5.91. The molecule has 4 rings (SSSR count). The molecule has 6 nitrogen and oxygen atoms in total. The number of hydrogen-bond donors (Lipinski definition) is 0. The number of allylic oxidation sites excluding steroid dienone is 1. The third-order valence-corrected chi connectivity index (χ3v) is 7.01. The van der Waals surface area contributed by atoms with Gasteiger partial charge in [-0.05, 0) is 63.3 Å². The van der Waals surface area contributed by atoms with Crippen molar-refractivity contribution in [1.82, 2.24) is 0 Å². The van der Waals surface area contributed by atoms with Crippen LogP contribution in [0.3, 0.4) is 0 Å². The van der Waals surface area contributed by atoms with E-state index in [9.17, 15) is 22.8 Å². The van der Waals surface area contributed by atoms with Gasteiger partial charge in [-0.1, -0.05) is 24.8 Å². The van der Waals surface area contributed by atoms with Gasteiger partial charge in [-0.2, -0.15) is 13.2 Å². The first-order valence-electron chi connectivity index (χ1n) is 11.7. The Balaban J connectivity index is 1.64. The Morgan fingerprint density at radius 1 is 1.29 bits per heavy atom. The summed E-state index contributed by atoms with van der Waals surface area (Å²) >= 11 is 0. The van der Waals surface area contributed by atoms with Gasteiger partial charge in [0.1, 0.15) is 12.2 Å². The minimum Gasteiger partial charge on any atom is -0.464 e. The lowest BCUT2D eigenvalue weighted by atomic mass is 9.83. The van der Waals surface area contributed by atoms with E-state index in [0.717, 1.165) is 24.1 Å². The monoisotopic (exact) mass is 494 g/mol. The number of halogens is 3. The van der Waals surface area contributed by atoms with Crippen molar-refractivity contribution in [2.75, 3.05) is 6.61 Å². The Bertz CT molecular complexity index is 1030. The molecule has 1 aliphatic carbocycles. The van der Waals surface area contributed by atoms with E-state index in [1.807, 2.05) is 19.9 Å². The van der Waals surface area contributed by atoms with Crippen LogP contribution >= 0.6 is 0 Å². The van der Waals surface area contributed by atoms with Crippen LogP contribution in [-0.4, -0.2) is 42.5 Å². The first kappa shape index (κ1) is 25.4. The van der Waals surface area contributed by atoms with Gasteiger partial charge in [0.05, 0.1) is 23.9 Å². The number of fused-ring (bicyclic) bond motifs is 3. The van der Waals surface area contributed by atoms with E-state index in [0.29, 0.717) is 18.4 Å². The van der Waals surface area contributed by atoms with Gasteiger partial charge >= 0.3 is 18.1 Å². The van der Waals surface area contributed by atoms with E-state index in [1.54, 1.807) is 6.92 Å².